The van der Waals surface area contributed by atoms with Crippen LogP contribution in [0.5, 0.6) is 0 Å². The highest BCUT2D eigenvalue weighted by Gasteiger charge is 2.17. The molecular weight excluding hydrogens is 248 g/mol. The molecule has 0 spiro atoms. The molecule has 0 aliphatic rings. The van der Waals surface area contributed by atoms with Crippen LogP contribution in [0.15, 0.2) is 41.0 Å². The summed E-state index contributed by atoms with van der Waals surface area (Å²) in [5, 5.41) is 0.371. The summed E-state index contributed by atoms with van der Waals surface area (Å²) in [4.78, 5) is 0. The van der Waals surface area contributed by atoms with Crippen LogP contribution in [0.25, 0.3) is 0 Å². The Bertz CT molecular complexity index is 493. The Balaban J connectivity index is 2.25. The second kappa shape index (κ2) is 6.05. The van der Waals surface area contributed by atoms with E-state index in [1.807, 2.05) is 6.07 Å². The molecule has 0 saturated carbocycles. The van der Waals surface area contributed by atoms with Crippen LogP contribution in [0.4, 0.5) is 0 Å². The van der Waals surface area contributed by atoms with Gasteiger partial charge in [0.1, 0.15) is 0 Å². The standard InChI is InChI=1S/C14H17ClN2O/c1-2-3-10-4-6-11(7-5-10)13(17-16)12-8-9-18-14(12)15/h4-9,13,17H,2-3,16H2,1H3. The average Bonchev–Trinajstić information content (AvgIpc) is 2.79. The van der Waals surface area contributed by atoms with E-state index in [0.29, 0.717) is 5.22 Å². The summed E-state index contributed by atoms with van der Waals surface area (Å²) in [5.41, 5.74) is 6.02. The maximum Gasteiger partial charge on any atom is 0.198 e. The topological polar surface area (TPSA) is 51.2 Å². The molecule has 0 saturated heterocycles. The maximum absolute atomic E-state index is 5.98. The van der Waals surface area contributed by atoms with E-state index < -0.39 is 0 Å². The summed E-state index contributed by atoms with van der Waals surface area (Å²) in [7, 11) is 0. The Kier molecular flexibility index (Phi) is 4.42. The molecule has 3 nitrogen and oxygen atoms in total. The van der Waals surface area contributed by atoms with Gasteiger partial charge in [-0.15, -0.1) is 0 Å². The summed E-state index contributed by atoms with van der Waals surface area (Å²) in [6.45, 7) is 2.17. The van der Waals surface area contributed by atoms with Gasteiger partial charge >= 0.3 is 0 Å². The van der Waals surface area contributed by atoms with E-state index >= 15 is 0 Å². The summed E-state index contributed by atoms with van der Waals surface area (Å²) in [6, 6.07) is 10.1. The van der Waals surface area contributed by atoms with Crippen molar-refractivity contribution in [2.45, 2.75) is 25.8 Å². The quantitative estimate of drug-likeness (QED) is 0.643. The number of nitrogens with two attached hydrogens (primary N) is 1. The largest absolute Gasteiger partial charge is 0.453 e. The van der Waals surface area contributed by atoms with E-state index in [0.717, 1.165) is 24.0 Å². The lowest BCUT2D eigenvalue weighted by molar-refractivity contribution is 0.555. The molecule has 0 aliphatic heterocycles. The lowest BCUT2D eigenvalue weighted by atomic mass is 9.99. The fourth-order valence-corrected chi connectivity index (χ4v) is 2.26. The van der Waals surface area contributed by atoms with Gasteiger partial charge in [0.15, 0.2) is 5.22 Å². The van der Waals surface area contributed by atoms with E-state index in [2.05, 4.69) is 36.6 Å². The number of nitrogens with one attached hydrogen (secondary N) is 1. The van der Waals surface area contributed by atoms with Crippen LogP contribution in [-0.2, 0) is 6.42 Å². The first kappa shape index (κ1) is 13.1. The molecule has 18 heavy (non-hydrogen) atoms. The normalized spacial score (nSPS) is 12.6. The molecule has 1 aromatic heterocycles. The van der Waals surface area contributed by atoms with Gasteiger partial charge in [-0.2, -0.15) is 0 Å². The van der Waals surface area contributed by atoms with E-state index in [9.17, 15) is 0 Å². The van der Waals surface area contributed by atoms with Crippen molar-refractivity contribution in [3.8, 4) is 0 Å². The molecule has 1 aromatic carbocycles. The lowest BCUT2D eigenvalue weighted by Crippen LogP contribution is -2.28. The third-order valence-electron chi connectivity index (χ3n) is 2.98. The minimum Gasteiger partial charge on any atom is -0.453 e. The zero-order valence-electron chi connectivity index (χ0n) is 10.3. The number of benzene rings is 1. The summed E-state index contributed by atoms with van der Waals surface area (Å²) in [6.07, 6.45) is 3.80. The van der Waals surface area contributed by atoms with Gasteiger partial charge in [-0.1, -0.05) is 37.6 Å². The van der Waals surface area contributed by atoms with Crippen molar-refractivity contribution in [2.24, 2.45) is 5.84 Å². The first-order chi connectivity index (χ1) is 8.76. The van der Waals surface area contributed by atoms with Crippen molar-refractivity contribution in [3.05, 3.63) is 58.5 Å². The van der Waals surface area contributed by atoms with Crippen molar-refractivity contribution in [1.29, 1.82) is 0 Å². The molecule has 0 radical (unpaired) electrons. The van der Waals surface area contributed by atoms with E-state index in [1.165, 1.54) is 5.56 Å². The Morgan fingerprint density at radius 3 is 2.50 bits per heavy atom. The zero-order valence-corrected chi connectivity index (χ0v) is 11.1. The number of hydrogen-bond acceptors (Lipinski definition) is 3. The van der Waals surface area contributed by atoms with Crippen LogP contribution in [-0.4, -0.2) is 0 Å². The first-order valence-corrected chi connectivity index (χ1v) is 6.42. The molecule has 4 heteroatoms. The van der Waals surface area contributed by atoms with Gasteiger partial charge in [0.05, 0.1) is 12.3 Å². The van der Waals surface area contributed by atoms with Crippen LogP contribution >= 0.6 is 11.6 Å². The van der Waals surface area contributed by atoms with Crippen molar-refractivity contribution in [3.63, 3.8) is 0 Å². The highest BCUT2D eigenvalue weighted by Crippen LogP contribution is 2.28. The van der Waals surface area contributed by atoms with Crippen LogP contribution in [0.2, 0.25) is 5.22 Å². The van der Waals surface area contributed by atoms with Crippen LogP contribution in [0.3, 0.4) is 0 Å². The van der Waals surface area contributed by atoms with Gasteiger partial charge in [0.2, 0.25) is 0 Å². The summed E-state index contributed by atoms with van der Waals surface area (Å²) >= 11 is 5.98. The Hall–Kier alpha value is -1.29. The predicted molar refractivity (Wildman–Crippen MR) is 73.3 cm³/mol. The highest BCUT2D eigenvalue weighted by atomic mass is 35.5. The molecule has 1 unspecified atom stereocenters. The van der Waals surface area contributed by atoms with Crippen LogP contribution in [0, 0.1) is 0 Å². The van der Waals surface area contributed by atoms with Gasteiger partial charge in [0.25, 0.3) is 0 Å². The highest BCUT2D eigenvalue weighted by molar-refractivity contribution is 6.29. The van der Waals surface area contributed by atoms with Gasteiger partial charge in [0, 0.05) is 5.56 Å². The minimum atomic E-state index is -0.146. The van der Waals surface area contributed by atoms with Gasteiger partial charge in [-0.25, -0.2) is 5.43 Å². The third kappa shape index (κ3) is 2.75. The van der Waals surface area contributed by atoms with Crippen LogP contribution < -0.4 is 11.3 Å². The van der Waals surface area contributed by atoms with Gasteiger partial charge in [-0.3, -0.25) is 5.84 Å². The van der Waals surface area contributed by atoms with Crippen molar-refractivity contribution in [1.82, 2.24) is 5.43 Å². The molecule has 0 amide bonds. The molecule has 3 N–H and O–H groups in total. The third-order valence-corrected chi connectivity index (χ3v) is 3.28. The van der Waals surface area contributed by atoms with Crippen molar-refractivity contribution < 1.29 is 4.42 Å². The Labute approximate surface area is 112 Å². The number of hydrazine groups is 1. The fourth-order valence-electron chi connectivity index (χ4n) is 2.04. The Morgan fingerprint density at radius 1 is 1.28 bits per heavy atom. The molecule has 0 aliphatic carbocycles. The number of rotatable bonds is 5. The van der Waals surface area contributed by atoms with Crippen LogP contribution in [0.1, 0.15) is 36.1 Å². The molecule has 1 atom stereocenters. The lowest BCUT2D eigenvalue weighted by Gasteiger charge is -2.15. The molecule has 2 aromatic rings. The second-order valence-electron chi connectivity index (χ2n) is 4.24. The zero-order chi connectivity index (χ0) is 13.0. The SMILES string of the molecule is CCCc1ccc(C(NN)c2ccoc2Cl)cc1. The number of halogens is 1. The van der Waals surface area contributed by atoms with E-state index in [4.69, 9.17) is 21.9 Å². The molecular formula is C14H17ClN2O. The van der Waals surface area contributed by atoms with E-state index in [-0.39, 0.29) is 6.04 Å². The smallest absolute Gasteiger partial charge is 0.198 e. The fraction of sp³-hybridized carbons (Fsp3) is 0.286. The van der Waals surface area contributed by atoms with E-state index in [1.54, 1.807) is 6.26 Å². The molecule has 96 valence electrons. The molecule has 0 fully saturated rings. The summed E-state index contributed by atoms with van der Waals surface area (Å²) < 4.78 is 5.10. The minimum absolute atomic E-state index is 0.146. The number of furan rings is 1. The molecule has 2 rings (SSSR count). The monoisotopic (exact) mass is 264 g/mol. The maximum atomic E-state index is 5.98. The van der Waals surface area contributed by atoms with Gasteiger partial charge in [-0.05, 0) is 35.2 Å². The second-order valence-corrected chi connectivity index (χ2v) is 4.58. The molecule has 1 heterocycles. The number of hydrogen-bond donors (Lipinski definition) is 2. The number of aryl methyl sites for hydroxylation is 1. The predicted octanol–water partition coefficient (Wildman–Crippen LogP) is 3.44. The average molecular weight is 265 g/mol. The Morgan fingerprint density at radius 2 is 2.00 bits per heavy atom. The summed E-state index contributed by atoms with van der Waals surface area (Å²) in [5.74, 6) is 5.61. The van der Waals surface area contributed by atoms with Crippen molar-refractivity contribution in [2.75, 3.05) is 0 Å². The van der Waals surface area contributed by atoms with Crippen molar-refractivity contribution >= 4 is 11.6 Å². The van der Waals surface area contributed by atoms with Gasteiger partial charge < -0.3 is 4.42 Å². The molecule has 0 bridgehead atoms. The first-order valence-electron chi connectivity index (χ1n) is 6.04.